The number of nitrogens with one attached hydrogen (secondary N) is 1. The van der Waals surface area contributed by atoms with Crippen molar-refractivity contribution in [2.24, 2.45) is 0 Å². The number of hydrogen-bond acceptors (Lipinski definition) is 3. The van der Waals surface area contributed by atoms with Gasteiger partial charge in [-0.05, 0) is 37.0 Å². The number of benzene rings is 1. The van der Waals surface area contributed by atoms with Crippen LogP contribution in [0.15, 0.2) is 24.3 Å². The molecule has 1 aromatic rings. The molecular weight excluding hydrogens is 262 g/mol. The minimum atomic E-state index is 0.406. The standard InChI is InChI=1S/C18H29NO2/c1-2-3-4-5-11-20-17-9-6-8-16(13-17)14-19-15-18-10-7-12-21-18/h6,8-9,13,18-19H,2-5,7,10-12,14-15H2,1H3. The van der Waals surface area contributed by atoms with Crippen LogP contribution in [-0.4, -0.2) is 25.9 Å². The third-order valence-corrected chi connectivity index (χ3v) is 3.89. The zero-order valence-corrected chi connectivity index (χ0v) is 13.3. The molecule has 0 aliphatic carbocycles. The predicted molar refractivity (Wildman–Crippen MR) is 86.8 cm³/mol. The third-order valence-electron chi connectivity index (χ3n) is 3.89. The zero-order chi connectivity index (χ0) is 14.8. The Bertz CT molecular complexity index is 389. The first kappa shape index (κ1) is 16.3. The van der Waals surface area contributed by atoms with Crippen molar-refractivity contribution in [3.63, 3.8) is 0 Å². The van der Waals surface area contributed by atoms with Crippen molar-refractivity contribution in [1.29, 1.82) is 0 Å². The minimum absolute atomic E-state index is 0.406. The molecule has 0 amide bonds. The lowest BCUT2D eigenvalue weighted by atomic mass is 10.2. The maximum atomic E-state index is 5.82. The molecule has 0 saturated carbocycles. The summed E-state index contributed by atoms with van der Waals surface area (Å²) in [6, 6.07) is 8.41. The van der Waals surface area contributed by atoms with E-state index in [0.29, 0.717) is 6.10 Å². The smallest absolute Gasteiger partial charge is 0.119 e. The Hall–Kier alpha value is -1.06. The molecule has 0 spiro atoms. The lowest BCUT2D eigenvalue weighted by molar-refractivity contribution is 0.110. The summed E-state index contributed by atoms with van der Waals surface area (Å²) in [4.78, 5) is 0. The average Bonchev–Trinajstić information content (AvgIpc) is 3.01. The van der Waals surface area contributed by atoms with Crippen LogP contribution in [0, 0.1) is 0 Å². The van der Waals surface area contributed by atoms with Gasteiger partial charge >= 0.3 is 0 Å². The van der Waals surface area contributed by atoms with Crippen LogP contribution in [0.2, 0.25) is 0 Å². The topological polar surface area (TPSA) is 30.5 Å². The van der Waals surface area contributed by atoms with Gasteiger partial charge in [0.25, 0.3) is 0 Å². The Morgan fingerprint density at radius 3 is 3.05 bits per heavy atom. The van der Waals surface area contributed by atoms with Gasteiger partial charge in [0.05, 0.1) is 12.7 Å². The quantitative estimate of drug-likeness (QED) is 0.663. The maximum Gasteiger partial charge on any atom is 0.119 e. The summed E-state index contributed by atoms with van der Waals surface area (Å²) >= 11 is 0. The van der Waals surface area contributed by atoms with E-state index in [0.717, 1.165) is 38.5 Å². The molecule has 0 radical (unpaired) electrons. The van der Waals surface area contributed by atoms with Gasteiger partial charge in [-0.1, -0.05) is 38.3 Å². The Morgan fingerprint density at radius 2 is 2.24 bits per heavy atom. The van der Waals surface area contributed by atoms with Gasteiger partial charge in [-0.25, -0.2) is 0 Å². The van der Waals surface area contributed by atoms with Gasteiger partial charge < -0.3 is 14.8 Å². The molecule has 1 aliphatic heterocycles. The second-order valence-electron chi connectivity index (χ2n) is 5.82. The fourth-order valence-corrected chi connectivity index (χ4v) is 2.65. The summed E-state index contributed by atoms with van der Waals surface area (Å²) < 4.78 is 11.4. The van der Waals surface area contributed by atoms with E-state index in [1.807, 2.05) is 6.07 Å². The van der Waals surface area contributed by atoms with Crippen molar-refractivity contribution in [3.05, 3.63) is 29.8 Å². The van der Waals surface area contributed by atoms with Gasteiger partial charge in [0, 0.05) is 19.7 Å². The second-order valence-corrected chi connectivity index (χ2v) is 5.82. The predicted octanol–water partition coefficient (Wildman–Crippen LogP) is 3.91. The summed E-state index contributed by atoms with van der Waals surface area (Å²) in [7, 11) is 0. The number of ether oxygens (including phenoxy) is 2. The molecule has 118 valence electrons. The van der Waals surface area contributed by atoms with Crippen molar-refractivity contribution in [2.75, 3.05) is 19.8 Å². The Balaban J connectivity index is 1.65. The van der Waals surface area contributed by atoms with Gasteiger partial charge in [0.15, 0.2) is 0 Å². The highest BCUT2D eigenvalue weighted by Gasteiger charge is 2.14. The van der Waals surface area contributed by atoms with Crippen molar-refractivity contribution in [2.45, 2.75) is 58.1 Å². The molecule has 1 fully saturated rings. The molecule has 1 saturated heterocycles. The van der Waals surface area contributed by atoms with E-state index < -0.39 is 0 Å². The fraction of sp³-hybridized carbons (Fsp3) is 0.667. The molecule has 3 heteroatoms. The van der Waals surface area contributed by atoms with Gasteiger partial charge in [0.2, 0.25) is 0 Å². The normalized spacial score (nSPS) is 18.0. The van der Waals surface area contributed by atoms with Gasteiger partial charge in [-0.3, -0.25) is 0 Å². The molecule has 21 heavy (non-hydrogen) atoms. The highest BCUT2D eigenvalue weighted by Crippen LogP contribution is 2.15. The van der Waals surface area contributed by atoms with E-state index in [4.69, 9.17) is 9.47 Å². The highest BCUT2D eigenvalue weighted by molar-refractivity contribution is 5.28. The minimum Gasteiger partial charge on any atom is -0.494 e. The summed E-state index contributed by atoms with van der Waals surface area (Å²) in [6.45, 7) is 5.81. The number of hydrogen-bond donors (Lipinski definition) is 1. The molecule has 1 aromatic carbocycles. The largest absolute Gasteiger partial charge is 0.494 e. The molecule has 3 nitrogen and oxygen atoms in total. The number of unbranched alkanes of at least 4 members (excludes halogenated alkanes) is 3. The molecule has 2 rings (SSSR count). The van der Waals surface area contributed by atoms with Crippen LogP contribution < -0.4 is 10.1 Å². The third kappa shape index (κ3) is 6.49. The van der Waals surface area contributed by atoms with E-state index in [-0.39, 0.29) is 0 Å². The van der Waals surface area contributed by atoms with Crippen LogP contribution in [0.5, 0.6) is 5.75 Å². The first-order valence-electron chi connectivity index (χ1n) is 8.42. The second kappa shape index (κ2) is 9.80. The summed E-state index contributed by atoms with van der Waals surface area (Å²) in [5.74, 6) is 0.989. The van der Waals surface area contributed by atoms with E-state index >= 15 is 0 Å². The zero-order valence-electron chi connectivity index (χ0n) is 13.3. The monoisotopic (exact) mass is 291 g/mol. The molecule has 1 heterocycles. The highest BCUT2D eigenvalue weighted by atomic mass is 16.5. The molecule has 1 unspecified atom stereocenters. The summed E-state index contributed by atoms with van der Waals surface area (Å²) in [5, 5.41) is 3.47. The van der Waals surface area contributed by atoms with E-state index in [1.165, 1.54) is 37.7 Å². The SMILES string of the molecule is CCCCCCOc1cccc(CNCC2CCCO2)c1. The summed E-state index contributed by atoms with van der Waals surface area (Å²) in [5.41, 5.74) is 1.28. The first-order valence-corrected chi connectivity index (χ1v) is 8.42. The summed E-state index contributed by atoms with van der Waals surface area (Å²) in [6.07, 6.45) is 7.78. The number of rotatable bonds is 10. The van der Waals surface area contributed by atoms with Gasteiger partial charge in [-0.15, -0.1) is 0 Å². The van der Waals surface area contributed by atoms with E-state index in [2.05, 4.69) is 30.4 Å². The maximum absolute atomic E-state index is 5.82. The van der Waals surface area contributed by atoms with Crippen molar-refractivity contribution in [3.8, 4) is 5.75 Å². The Kier molecular flexibility index (Phi) is 7.61. The Morgan fingerprint density at radius 1 is 1.29 bits per heavy atom. The van der Waals surface area contributed by atoms with Crippen LogP contribution in [0.3, 0.4) is 0 Å². The molecule has 0 aromatic heterocycles. The fourth-order valence-electron chi connectivity index (χ4n) is 2.65. The molecular formula is C18H29NO2. The lowest BCUT2D eigenvalue weighted by Gasteiger charge is -2.12. The van der Waals surface area contributed by atoms with Crippen LogP contribution in [0.25, 0.3) is 0 Å². The Labute approximate surface area is 129 Å². The average molecular weight is 291 g/mol. The van der Waals surface area contributed by atoms with Crippen LogP contribution in [-0.2, 0) is 11.3 Å². The molecule has 1 atom stereocenters. The van der Waals surface area contributed by atoms with Gasteiger partial charge in [-0.2, -0.15) is 0 Å². The van der Waals surface area contributed by atoms with Crippen LogP contribution in [0.1, 0.15) is 51.0 Å². The van der Waals surface area contributed by atoms with Crippen LogP contribution >= 0.6 is 0 Å². The van der Waals surface area contributed by atoms with Crippen LogP contribution in [0.4, 0.5) is 0 Å². The van der Waals surface area contributed by atoms with Crippen molar-refractivity contribution >= 4 is 0 Å². The molecule has 0 bridgehead atoms. The first-order chi connectivity index (χ1) is 10.4. The molecule has 1 aliphatic rings. The lowest BCUT2D eigenvalue weighted by Crippen LogP contribution is -2.25. The van der Waals surface area contributed by atoms with E-state index in [9.17, 15) is 0 Å². The van der Waals surface area contributed by atoms with Crippen molar-refractivity contribution in [1.82, 2.24) is 5.32 Å². The van der Waals surface area contributed by atoms with Gasteiger partial charge in [0.1, 0.15) is 5.75 Å². The molecule has 1 N–H and O–H groups in total. The van der Waals surface area contributed by atoms with Crippen molar-refractivity contribution < 1.29 is 9.47 Å². The van der Waals surface area contributed by atoms with E-state index in [1.54, 1.807) is 0 Å².